The van der Waals surface area contributed by atoms with Crippen LogP contribution in [0.15, 0.2) is 18.5 Å². The Kier molecular flexibility index (Phi) is 6.73. The van der Waals surface area contributed by atoms with Crippen LogP contribution in [0.4, 0.5) is 5.82 Å². The van der Waals surface area contributed by atoms with Crippen LogP contribution in [0.3, 0.4) is 0 Å². The van der Waals surface area contributed by atoms with Gasteiger partial charge < -0.3 is 20.1 Å². The van der Waals surface area contributed by atoms with E-state index in [0.29, 0.717) is 18.5 Å². The SMILES string of the molecule is Cc1[nH]cnc1CN1CCC(NC(=O)CCc2nnc3ccc(N4CCN(C)CC4)nn23)CC1. The number of aryl methyl sites for hydroxylation is 2. The molecule has 2 N–H and O–H groups in total. The molecule has 0 aromatic carbocycles. The Labute approximate surface area is 199 Å². The summed E-state index contributed by atoms with van der Waals surface area (Å²) in [6.45, 7) is 8.79. The molecule has 0 saturated carbocycles. The highest BCUT2D eigenvalue weighted by molar-refractivity contribution is 5.76. The number of carbonyl (C=O) groups is 1. The summed E-state index contributed by atoms with van der Waals surface area (Å²) in [7, 11) is 2.14. The lowest BCUT2D eigenvalue weighted by Crippen LogP contribution is -2.45. The smallest absolute Gasteiger partial charge is 0.220 e. The van der Waals surface area contributed by atoms with E-state index in [1.165, 1.54) is 0 Å². The van der Waals surface area contributed by atoms with E-state index >= 15 is 0 Å². The topological polar surface area (TPSA) is 111 Å². The molecule has 3 aromatic rings. The van der Waals surface area contributed by atoms with Crippen molar-refractivity contribution >= 4 is 17.4 Å². The maximum Gasteiger partial charge on any atom is 0.220 e. The zero-order chi connectivity index (χ0) is 23.5. The zero-order valence-electron chi connectivity index (χ0n) is 20.1. The van der Waals surface area contributed by atoms with Gasteiger partial charge in [-0.25, -0.2) is 4.98 Å². The van der Waals surface area contributed by atoms with Gasteiger partial charge in [0.05, 0.1) is 12.0 Å². The van der Waals surface area contributed by atoms with Crippen molar-refractivity contribution in [1.29, 1.82) is 0 Å². The second-order valence-electron chi connectivity index (χ2n) is 9.46. The zero-order valence-corrected chi connectivity index (χ0v) is 20.1. The van der Waals surface area contributed by atoms with Gasteiger partial charge in [-0.05, 0) is 38.9 Å². The van der Waals surface area contributed by atoms with Gasteiger partial charge in [-0.3, -0.25) is 9.69 Å². The summed E-state index contributed by atoms with van der Waals surface area (Å²) < 4.78 is 1.79. The van der Waals surface area contributed by atoms with E-state index < -0.39 is 0 Å². The number of nitrogens with one attached hydrogen (secondary N) is 2. The average molecular weight is 467 g/mol. The van der Waals surface area contributed by atoms with E-state index in [0.717, 1.165) is 81.7 Å². The number of anilines is 1. The predicted molar refractivity (Wildman–Crippen MR) is 129 cm³/mol. The van der Waals surface area contributed by atoms with Crippen LogP contribution in [0.25, 0.3) is 5.65 Å². The molecule has 0 bridgehead atoms. The normalized spacial score (nSPS) is 18.6. The van der Waals surface area contributed by atoms with Gasteiger partial charge in [0.15, 0.2) is 11.5 Å². The van der Waals surface area contributed by atoms with Gasteiger partial charge in [-0.15, -0.1) is 15.3 Å². The maximum absolute atomic E-state index is 12.6. The monoisotopic (exact) mass is 466 g/mol. The Bertz CT molecular complexity index is 1110. The first-order chi connectivity index (χ1) is 16.5. The Morgan fingerprint density at radius 2 is 1.91 bits per heavy atom. The molecular formula is C23H34N10O. The van der Waals surface area contributed by atoms with Gasteiger partial charge >= 0.3 is 0 Å². The summed E-state index contributed by atoms with van der Waals surface area (Å²) in [5.41, 5.74) is 2.95. The number of fused-ring (bicyclic) bond motifs is 1. The number of likely N-dealkylation sites (tertiary alicyclic amines) is 1. The molecule has 0 atom stereocenters. The summed E-state index contributed by atoms with van der Waals surface area (Å²) >= 11 is 0. The Balaban J connectivity index is 1.11. The van der Waals surface area contributed by atoms with E-state index in [4.69, 9.17) is 5.10 Å². The highest BCUT2D eigenvalue weighted by Gasteiger charge is 2.22. The summed E-state index contributed by atoms with van der Waals surface area (Å²) in [4.78, 5) is 27.2. The summed E-state index contributed by atoms with van der Waals surface area (Å²) in [5.74, 6) is 1.72. The quantitative estimate of drug-likeness (QED) is 0.522. The molecule has 5 heterocycles. The third-order valence-corrected chi connectivity index (χ3v) is 6.98. The van der Waals surface area contributed by atoms with Crippen LogP contribution in [-0.2, 0) is 17.8 Å². The highest BCUT2D eigenvalue weighted by atomic mass is 16.1. The van der Waals surface area contributed by atoms with Crippen LogP contribution in [-0.4, -0.2) is 97.8 Å². The van der Waals surface area contributed by atoms with Gasteiger partial charge in [0.1, 0.15) is 5.82 Å². The first-order valence-electron chi connectivity index (χ1n) is 12.2. The second-order valence-corrected chi connectivity index (χ2v) is 9.46. The Morgan fingerprint density at radius 3 is 2.65 bits per heavy atom. The van der Waals surface area contributed by atoms with Crippen molar-refractivity contribution < 1.29 is 4.79 Å². The van der Waals surface area contributed by atoms with Gasteiger partial charge in [0.25, 0.3) is 0 Å². The summed E-state index contributed by atoms with van der Waals surface area (Å²) in [6.07, 6.45) is 4.56. The number of nitrogens with zero attached hydrogens (tertiary/aromatic N) is 8. The molecule has 0 aliphatic carbocycles. The standard InChI is InChI=1S/C23H34N10O/c1-17-19(25-16-24-17)15-31-9-7-18(8-10-31)26-23(34)6-5-21-28-27-20-3-4-22(29-33(20)21)32-13-11-30(2)12-14-32/h3-4,16,18H,5-15H2,1-2H3,(H,24,25)(H,26,34). The molecule has 11 nitrogen and oxygen atoms in total. The molecule has 0 spiro atoms. The van der Waals surface area contributed by atoms with Crippen LogP contribution in [0.1, 0.15) is 36.5 Å². The third kappa shape index (κ3) is 5.20. The lowest BCUT2D eigenvalue weighted by atomic mass is 10.0. The van der Waals surface area contributed by atoms with E-state index in [1.54, 1.807) is 10.8 Å². The molecule has 182 valence electrons. The van der Waals surface area contributed by atoms with Crippen LogP contribution in [0, 0.1) is 6.92 Å². The summed E-state index contributed by atoms with van der Waals surface area (Å²) in [6, 6.07) is 4.18. The van der Waals surface area contributed by atoms with E-state index in [2.05, 4.69) is 54.2 Å². The minimum Gasteiger partial charge on any atom is -0.353 e. The number of hydrogen-bond donors (Lipinski definition) is 2. The largest absolute Gasteiger partial charge is 0.353 e. The van der Waals surface area contributed by atoms with E-state index in [1.807, 2.05) is 12.1 Å². The molecule has 1 amide bonds. The van der Waals surface area contributed by atoms with Crippen molar-refractivity contribution in [2.24, 2.45) is 0 Å². The van der Waals surface area contributed by atoms with E-state index in [9.17, 15) is 4.79 Å². The minimum atomic E-state index is 0.0635. The fraction of sp³-hybridized carbons (Fsp3) is 0.609. The molecule has 0 unspecified atom stereocenters. The number of hydrogen-bond acceptors (Lipinski definition) is 8. The number of likely N-dealkylation sites (N-methyl/N-ethyl adjacent to an activating group) is 1. The van der Waals surface area contributed by atoms with Crippen molar-refractivity contribution in [2.45, 2.75) is 45.2 Å². The number of aromatic amines is 1. The van der Waals surface area contributed by atoms with Gasteiger partial charge in [-0.2, -0.15) is 4.52 Å². The van der Waals surface area contributed by atoms with Crippen LogP contribution < -0.4 is 10.2 Å². The number of aromatic nitrogens is 6. The number of imidazole rings is 1. The third-order valence-electron chi connectivity index (χ3n) is 6.98. The van der Waals surface area contributed by atoms with Gasteiger partial charge in [-0.1, -0.05) is 0 Å². The van der Waals surface area contributed by atoms with Crippen molar-refractivity contribution in [2.75, 3.05) is 51.2 Å². The maximum atomic E-state index is 12.6. The Hall–Kier alpha value is -3.05. The molecule has 2 saturated heterocycles. The molecule has 3 aromatic heterocycles. The lowest BCUT2D eigenvalue weighted by Gasteiger charge is -2.33. The van der Waals surface area contributed by atoms with Crippen molar-refractivity contribution in [3.8, 4) is 0 Å². The van der Waals surface area contributed by atoms with Gasteiger partial charge in [0.2, 0.25) is 5.91 Å². The fourth-order valence-corrected chi connectivity index (χ4v) is 4.70. The van der Waals surface area contributed by atoms with Crippen LogP contribution in [0.2, 0.25) is 0 Å². The van der Waals surface area contributed by atoms with Crippen LogP contribution >= 0.6 is 0 Å². The fourth-order valence-electron chi connectivity index (χ4n) is 4.70. The number of carbonyl (C=O) groups excluding carboxylic acids is 1. The molecular weight excluding hydrogens is 432 g/mol. The second kappa shape index (κ2) is 10.1. The molecule has 11 heteroatoms. The van der Waals surface area contributed by atoms with Gasteiger partial charge in [0, 0.05) is 70.4 Å². The predicted octanol–water partition coefficient (Wildman–Crippen LogP) is 0.621. The minimum absolute atomic E-state index is 0.0635. The first kappa shape index (κ1) is 22.7. The molecule has 2 aliphatic rings. The Morgan fingerprint density at radius 1 is 1.12 bits per heavy atom. The van der Waals surface area contributed by atoms with E-state index in [-0.39, 0.29) is 11.9 Å². The van der Waals surface area contributed by atoms with Crippen molar-refractivity contribution in [3.05, 3.63) is 35.7 Å². The molecule has 2 fully saturated rings. The molecule has 0 radical (unpaired) electrons. The number of amides is 1. The van der Waals surface area contributed by atoms with Crippen LogP contribution in [0.5, 0.6) is 0 Å². The number of rotatable bonds is 7. The number of piperazine rings is 1. The number of H-pyrrole nitrogens is 1. The average Bonchev–Trinajstić information content (AvgIpc) is 3.44. The molecule has 2 aliphatic heterocycles. The molecule has 34 heavy (non-hydrogen) atoms. The van der Waals surface area contributed by atoms with Crippen molar-refractivity contribution in [1.82, 2.24) is 44.9 Å². The van der Waals surface area contributed by atoms with Crippen molar-refractivity contribution in [3.63, 3.8) is 0 Å². The highest BCUT2D eigenvalue weighted by Crippen LogP contribution is 2.16. The number of piperidine rings is 1. The first-order valence-corrected chi connectivity index (χ1v) is 12.2. The summed E-state index contributed by atoms with van der Waals surface area (Å²) in [5, 5.41) is 16.5. The molecule has 5 rings (SSSR count). The lowest BCUT2D eigenvalue weighted by molar-refractivity contribution is -0.122.